The molecule has 0 bridgehead atoms. The molecule has 0 aliphatic carbocycles. The van der Waals surface area contributed by atoms with E-state index in [0.717, 1.165) is 10.9 Å². The number of H-pyrrole nitrogens is 1. The van der Waals surface area contributed by atoms with Crippen LogP contribution in [0.2, 0.25) is 5.15 Å². The first-order valence-corrected chi connectivity index (χ1v) is 4.39. The zero-order valence-electron chi connectivity index (χ0n) is 7.12. The first-order chi connectivity index (χ1) is 6.66. The molecule has 1 heterocycles. The lowest BCUT2D eigenvalue weighted by atomic mass is 10.1. The zero-order chi connectivity index (χ0) is 10.1. The molecule has 1 aromatic carbocycles. The normalized spacial score (nSPS) is 10.6. The van der Waals surface area contributed by atoms with Crippen LogP contribution < -0.4 is 0 Å². The number of carbonyl (C=O) groups is 1. The van der Waals surface area contributed by atoms with Gasteiger partial charge in [-0.1, -0.05) is 17.7 Å². The third kappa shape index (κ3) is 1.56. The molecule has 2 rings (SSSR count). The molecule has 0 unspecified atom stereocenters. The van der Waals surface area contributed by atoms with Crippen molar-refractivity contribution in [3.63, 3.8) is 0 Å². The lowest BCUT2D eigenvalue weighted by molar-refractivity contribution is -0.136. The summed E-state index contributed by atoms with van der Waals surface area (Å²) in [7, 11) is 0. The van der Waals surface area contributed by atoms with Crippen LogP contribution in [0.3, 0.4) is 0 Å². The van der Waals surface area contributed by atoms with Crippen LogP contribution in [0.4, 0.5) is 0 Å². The first kappa shape index (κ1) is 9.02. The summed E-state index contributed by atoms with van der Waals surface area (Å²) in [4.78, 5) is 10.5. The predicted octanol–water partition coefficient (Wildman–Crippen LogP) is 1.84. The molecule has 0 fully saturated rings. The Hall–Kier alpha value is -1.55. The molecule has 0 saturated carbocycles. The number of fused-ring (bicyclic) bond motifs is 1. The summed E-state index contributed by atoms with van der Waals surface area (Å²) >= 11 is 5.82. The fourth-order valence-electron chi connectivity index (χ4n) is 1.31. The van der Waals surface area contributed by atoms with Crippen molar-refractivity contribution in [2.45, 2.75) is 6.42 Å². The van der Waals surface area contributed by atoms with Crippen LogP contribution in [0.25, 0.3) is 10.9 Å². The second-order valence-electron chi connectivity index (χ2n) is 2.96. The van der Waals surface area contributed by atoms with Gasteiger partial charge in [0.1, 0.15) is 5.15 Å². The number of halogens is 1. The summed E-state index contributed by atoms with van der Waals surface area (Å²) in [5, 5.41) is 16.4. The van der Waals surface area contributed by atoms with Crippen LogP contribution in [-0.2, 0) is 11.2 Å². The molecular weight excluding hydrogens is 204 g/mol. The number of hydrogen-bond donors (Lipinski definition) is 2. The molecule has 14 heavy (non-hydrogen) atoms. The molecule has 0 aliphatic heterocycles. The second kappa shape index (κ2) is 3.31. The maximum absolute atomic E-state index is 10.5. The van der Waals surface area contributed by atoms with Gasteiger partial charge in [0.25, 0.3) is 0 Å². The highest BCUT2D eigenvalue weighted by atomic mass is 35.5. The van der Waals surface area contributed by atoms with Gasteiger partial charge in [-0.05, 0) is 17.7 Å². The van der Waals surface area contributed by atoms with Crippen LogP contribution in [0.1, 0.15) is 5.56 Å². The van der Waals surface area contributed by atoms with Gasteiger partial charge in [-0.2, -0.15) is 5.10 Å². The van der Waals surface area contributed by atoms with Gasteiger partial charge in [-0.15, -0.1) is 0 Å². The number of aliphatic carboxylic acids is 1. The summed E-state index contributed by atoms with van der Waals surface area (Å²) in [6.45, 7) is 0. The molecule has 5 heteroatoms. The Morgan fingerprint density at radius 2 is 2.36 bits per heavy atom. The van der Waals surface area contributed by atoms with Gasteiger partial charge in [-0.25, -0.2) is 0 Å². The average Bonchev–Trinajstić information content (AvgIpc) is 2.47. The van der Waals surface area contributed by atoms with Gasteiger partial charge in [0, 0.05) is 5.39 Å². The van der Waals surface area contributed by atoms with Crippen molar-refractivity contribution in [1.82, 2.24) is 10.2 Å². The zero-order valence-corrected chi connectivity index (χ0v) is 7.88. The minimum Gasteiger partial charge on any atom is -0.481 e. The monoisotopic (exact) mass is 210 g/mol. The Kier molecular flexibility index (Phi) is 2.13. The molecule has 0 amide bonds. The molecule has 0 radical (unpaired) electrons. The van der Waals surface area contributed by atoms with E-state index in [2.05, 4.69) is 10.2 Å². The maximum Gasteiger partial charge on any atom is 0.307 e. The molecule has 1 aromatic heterocycles. The smallest absolute Gasteiger partial charge is 0.307 e. The van der Waals surface area contributed by atoms with Gasteiger partial charge < -0.3 is 5.11 Å². The maximum atomic E-state index is 10.5. The van der Waals surface area contributed by atoms with E-state index >= 15 is 0 Å². The molecule has 0 spiro atoms. The topological polar surface area (TPSA) is 66.0 Å². The summed E-state index contributed by atoms with van der Waals surface area (Å²) in [5.41, 5.74) is 1.46. The molecule has 4 nitrogen and oxygen atoms in total. The van der Waals surface area contributed by atoms with Gasteiger partial charge in [0.05, 0.1) is 11.9 Å². The van der Waals surface area contributed by atoms with E-state index in [0.29, 0.717) is 10.7 Å². The van der Waals surface area contributed by atoms with Crippen molar-refractivity contribution >= 4 is 28.5 Å². The third-order valence-corrected chi connectivity index (χ3v) is 2.22. The van der Waals surface area contributed by atoms with Gasteiger partial charge in [-0.3, -0.25) is 9.89 Å². The molecule has 0 saturated heterocycles. The molecule has 0 atom stereocenters. The minimum atomic E-state index is -0.857. The quantitative estimate of drug-likeness (QED) is 0.795. The number of nitrogens with one attached hydrogen (secondary N) is 1. The van der Waals surface area contributed by atoms with E-state index < -0.39 is 5.97 Å². The van der Waals surface area contributed by atoms with E-state index in [-0.39, 0.29) is 6.42 Å². The van der Waals surface area contributed by atoms with Crippen LogP contribution >= 0.6 is 11.6 Å². The van der Waals surface area contributed by atoms with Crippen LogP contribution in [-0.4, -0.2) is 21.3 Å². The van der Waals surface area contributed by atoms with Crippen molar-refractivity contribution in [3.8, 4) is 0 Å². The number of carboxylic acid groups (broad SMARTS) is 1. The van der Waals surface area contributed by atoms with E-state index in [9.17, 15) is 4.79 Å². The van der Waals surface area contributed by atoms with E-state index in [1.54, 1.807) is 18.2 Å². The van der Waals surface area contributed by atoms with Crippen molar-refractivity contribution in [2.24, 2.45) is 0 Å². The predicted molar refractivity (Wildman–Crippen MR) is 52.4 cm³/mol. The highest BCUT2D eigenvalue weighted by molar-refractivity contribution is 6.34. The Labute approximate surface area is 84.5 Å². The van der Waals surface area contributed by atoms with E-state index in [1.165, 1.54) is 0 Å². The van der Waals surface area contributed by atoms with Crippen LogP contribution in [0.15, 0.2) is 18.2 Å². The number of hydrogen-bond acceptors (Lipinski definition) is 2. The Balaban J connectivity index is 2.49. The number of rotatable bonds is 2. The Morgan fingerprint density at radius 1 is 1.57 bits per heavy atom. The SMILES string of the molecule is O=C(O)Cc1ccc2n[nH]c(Cl)c2c1. The highest BCUT2D eigenvalue weighted by Gasteiger charge is 2.05. The summed E-state index contributed by atoms with van der Waals surface area (Å²) in [6.07, 6.45) is -0.00253. The number of aromatic nitrogens is 2. The molecule has 2 aromatic rings. The molecule has 0 aliphatic rings. The van der Waals surface area contributed by atoms with Gasteiger partial charge >= 0.3 is 5.97 Å². The molecule has 2 N–H and O–H groups in total. The largest absolute Gasteiger partial charge is 0.481 e. The standard InChI is InChI=1S/C9H7ClN2O2/c10-9-6-3-5(4-8(13)14)1-2-7(6)11-12-9/h1-3H,4H2,(H,11,12)(H,13,14). The third-order valence-electron chi connectivity index (χ3n) is 1.93. The van der Waals surface area contributed by atoms with Gasteiger partial charge in [0.15, 0.2) is 0 Å². The molecule has 72 valence electrons. The number of nitrogens with zero attached hydrogens (tertiary/aromatic N) is 1. The second-order valence-corrected chi connectivity index (χ2v) is 3.34. The lowest BCUT2D eigenvalue weighted by Crippen LogP contribution is -1.99. The number of aromatic amines is 1. The Morgan fingerprint density at radius 3 is 3.07 bits per heavy atom. The highest BCUT2D eigenvalue weighted by Crippen LogP contribution is 2.21. The van der Waals surface area contributed by atoms with Crippen molar-refractivity contribution in [3.05, 3.63) is 28.9 Å². The van der Waals surface area contributed by atoms with Crippen LogP contribution in [0.5, 0.6) is 0 Å². The lowest BCUT2D eigenvalue weighted by Gasteiger charge is -1.96. The summed E-state index contributed by atoms with van der Waals surface area (Å²) in [6, 6.07) is 5.21. The first-order valence-electron chi connectivity index (χ1n) is 4.01. The Bertz CT molecular complexity index is 493. The van der Waals surface area contributed by atoms with E-state index in [4.69, 9.17) is 16.7 Å². The van der Waals surface area contributed by atoms with Crippen LogP contribution in [0, 0.1) is 0 Å². The minimum absolute atomic E-state index is 0.00253. The fourth-order valence-corrected chi connectivity index (χ4v) is 1.50. The van der Waals surface area contributed by atoms with Gasteiger partial charge in [0.2, 0.25) is 0 Å². The number of benzene rings is 1. The van der Waals surface area contributed by atoms with Crippen molar-refractivity contribution in [1.29, 1.82) is 0 Å². The summed E-state index contributed by atoms with van der Waals surface area (Å²) < 4.78 is 0. The average molecular weight is 211 g/mol. The van der Waals surface area contributed by atoms with Crippen molar-refractivity contribution < 1.29 is 9.90 Å². The number of carboxylic acids is 1. The summed E-state index contributed by atoms with van der Waals surface area (Å²) in [5.74, 6) is -0.857. The van der Waals surface area contributed by atoms with E-state index in [1.807, 2.05) is 0 Å². The van der Waals surface area contributed by atoms with Crippen molar-refractivity contribution in [2.75, 3.05) is 0 Å². The fraction of sp³-hybridized carbons (Fsp3) is 0.111. The molecular formula is C9H7ClN2O2.